The quantitative estimate of drug-likeness (QED) is 0.776. The van der Waals surface area contributed by atoms with E-state index in [1.807, 2.05) is 0 Å². The predicted octanol–water partition coefficient (Wildman–Crippen LogP) is 0.438. The molecule has 2 rings (SSSR count). The van der Waals surface area contributed by atoms with Crippen LogP contribution in [0.1, 0.15) is 0 Å². The Balaban J connectivity index is 2.55. The molecule has 5 nitrogen and oxygen atoms in total. The van der Waals surface area contributed by atoms with Crippen molar-refractivity contribution in [2.45, 2.75) is 9.92 Å². The van der Waals surface area contributed by atoms with Gasteiger partial charge >= 0.3 is 0 Å². The highest BCUT2D eigenvalue weighted by molar-refractivity contribution is 7.91. The van der Waals surface area contributed by atoms with Crippen LogP contribution in [0, 0.1) is 6.07 Å². The predicted molar refractivity (Wildman–Crippen MR) is 47.1 cm³/mol. The molecule has 0 spiro atoms. The fourth-order valence-electron chi connectivity index (χ4n) is 0.994. The van der Waals surface area contributed by atoms with Gasteiger partial charge in [-0.3, -0.25) is 5.10 Å². The maximum Gasteiger partial charge on any atom is 0.227 e. The van der Waals surface area contributed by atoms with Crippen LogP contribution in [0.5, 0.6) is 0 Å². The van der Waals surface area contributed by atoms with Crippen LogP contribution < -0.4 is 0 Å². The normalized spacial score (nSPS) is 11.4. The summed E-state index contributed by atoms with van der Waals surface area (Å²) in [5.41, 5.74) is 0. The van der Waals surface area contributed by atoms with Crippen LogP contribution in [0.3, 0.4) is 0 Å². The first-order valence-corrected chi connectivity index (χ1v) is 5.27. The zero-order valence-corrected chi connectivity index (χ0v) is 7.82. The van der Waals surface area contributed by atoms with Crippen LogP contribution in [0.15, 0.2) is 40.4 Å². The summed E-state index contributed by atoms with van der Waals surface area (Å²) in [5.74, 6) is 0. The Bertz CT molecular complexity index is 505. The minimum atomic E-state index is -3.52. The van der Waals surface area contributed by atoms with E-state index in [1.54, 1.807) is 0 Å². The van der Waals surface area contributed by atoms with E-state index in [0.717, 1.165) is 0 Å². The third-order valence-corrected chi connectivity index (χ3v) is 3.31. The number of aromatic amines is 1. The van der Waals surface area contributed by atoms with E-state index in [4.69, 9.17) is 0 Å². The Morgan fingerprint density at radius 3 is 2.57 bits per heavy atom. The highest BCUT2D eigenvalue weighted by atomic mass is 32.2. The molecule has 6 heteroatoms. The second kappa shape index (κ2) is 3.22. The zero-order chi connectivity index (χ0) is 10.0. The molecule has 0 fully saturated rings. The van der Waals surface area contributed by atoms with Crippen LogP contribution in [0.2, 0.25) is 0 Å². The van der Waals surface area contributed by atoms with Crippen LogP contribution in [-0.2, 0) is 9.84 Å². The molecule has 0 atom stereocenters. The van der Waals surface area contributed by atoms with Gasteiger partial charge in [0.2, 0.25) is 14.9 Å². The van der Waals surface area contributed by atoms with E-state index in [9.17, 15) is 8.42 Å². The molecule has 71 valence electrons. The number of nitrogens with zero attached hydrogens (tertiary/aromatic N) is 2. The van der Waals surface area contributed by atoms with Crippen molar-refractivity contribution in [3.63, 3.8) is 0 Å². The average Bonchev–Trinajstić information content (AvgIpc) is 2.72. The Hall–Kier alpha value is -1.69. The molecule has 1 heterocycles. The summed E-state index contributed by atoms with van der Waals surface area (Å²) in [6, 6.07) is 8.74. The number of nitrogens with one attached hydrogen (secondary N) is 1. The lowest BCUT2D eigenvalue weighted by Gasteiger charge is -1.97. The molecule has 2 aromatic rings. The van der Waals surface area contributed by atoms with Gasteiger partial charge in [0.15, 0.2) is 0 Å². The van der Waals surface area contributed by atoms with Crippen LogP contribution in [-0.4, -0.2) is 23.8 Å². The van der Waals surface area contributed by atoms with Crippen molar-refractivity contribution < 1.29 is 8.42 Å². The van der Waals surface area contributed by atoms with Crippen molar-refractivity contribution in [2.75, 3.05) is 0 Å². The molecular weight excluding hydrogens is 202 g/mol. The van der Waals surface area contributed by atoms with Gasteiger partial charge < -0.3 is 0 Å². The van der Waals surface area contributed by atoms with E-state index in [1.165, 1.54) is 30.5 Å². The Labute approximate surface area is 80.7 Å². The molecule has 0 aliphatic rings. The van der Waals surface area contributed by atoms with Crippen LogP contribution in [0.4, 0.5) is 0 Å². The summed E-state index contributed by atoms with van der Waals surface area (Å²) in [6.07, 6.45) is 1.24. The second-order valence-electron chi connectivity index (χ2n) is 2.55. The van der Waals surface area contributed by atoms with Gasteiger partial charge in [0, 0.05) is 0 Å². The van der Waals surface area contributed by atoms with E-state index >= 15 is 0 Å². The molecule has 0 saturated heterocycles. The molecule has 0 bridgehead atoms. The summed E-state index contributed by atoms with van der Waals surface area (Å²) in [4.78, 5) is 0.185. The van der Waals surface area contributed by atoms with Gasteiger partial charge in [-0.2, -0.15) is 0 Å². The monoisotopic (exact) mass is 208 g/mol. The largest absolute Gasteiger partial charge is 0.264 e. The number of hydrogen-bond acceptors (Lipinski definition) is 4. The zero-order valence-electron chi connectivity index (χ0n) is 7.01. The van der Waals surface area contributed by atoms with Crippen molar-refractivity contribution in [2.24, 2.45) is 0 Å². The summed E-state index contributed by atoms with van der Waals surface area (Å²) in [5, 5.41) is 9.09. The molecule has 0 aliphatic carbocycles. The molecule has 1 aromatic heterocycles. The van der Waals surface area contributed by atoms with Crippen molar-refractivity contribution >= 4 is 9.84 Å². The lowest BCUT2D eigenvalue weighted by Crippen LogP contribution is -2.01. The number of sulfone groups is 1. The SMILES string of the molecule is O=S(=O)(c1cc[c]cc1)c1c[nH]nn1. The highest BCUT2D eigenvalue weighted by Crippen LogP contribution is 2.16. The summed E-state index contributed by atoms with van der Waals surface area (Å²) in [6.45, 7) is 0. The first kappa shape index (κ1) is 8.89. The standard InChI is InChI=1S/C8H6N3O2S/c12-14(13,8-6-9-11-10-8)7-4-2-1-3-5-7/h2-6H,(H,9,10,11). The van der Waals surface area contributed by atoms with E-state index in [2.05, 4.69) is 21.5 Å². The number of H-pyrrole nitrogens is 1. The molecule has 1 N–H and O–H groups in total. The van der Waals surface area contributed by atoms with Gasteiger partial charge in [-0.05, 0) is 18.2 Å². The van der Waals surface area contributed by atoms with Crippen LogP contribution in [0.25, 0.3) is 0 Å². The number of benzene rings is 1. The van der Waals surface area contributed by atoms with E-state index < -0.39 is 9.84 Å². The lowest BCUT2D eigenvalue weighted by molar-refractivity contribution is 0.592. The van der Waals surface area contributed by atoms with Crippen molar-refractivity contribution in [1.82, 2.24) is 15.4 Å². The maximum absolute atomic E-state index is 11.8. The maximum atomic E-state index is 11.8. The van der Waals surface area contributed by atoms with Crippen LogP contribution >= 0.6 is 0 Å². The number of aromatic nitrogens is 3. The fourth-order valence-corrected chi connectivity index (χ4v) is 2.09. The van der Waals surface area contributed by atoms with Gasteiger partial charge in [-0.15, -0.1) is 5.10 Å². The molecule has 1 radical (unpaired) electrons. The smallest absolute Gasteiger partial charge is 0.227 e. The topological polar surface area (TPSA) is 75.7 Å². The van der Waals surface area contributed by atoms with Crippen molar-refractivity contribution in [3.8, 4) is 0 Å². The van der Waals surface area contributed by atoms with Crippen molar-refractivity contribution in [1.29, 1.82) is 0 Å². The molecule has 0 aliphatic heterocycles. The molecular formula is C8H6N3O2S. The van der Waals surface area contributed by atoms with Gasteiger partial charge in [0.05, 0.1) is 11.1 Å². The first-order valence-electron chi connectivity index (χ1n) is 3.79. The lowest BCUT2D eigenvalue weighted by atomic mass is 10.4. The van der Waals surface area contributed by atoms with Crippen molar-refractivity contribution in [3.05, 3.63) is 36.5 Å². The van der Waals surface area contributed by atoms with Gasteiger partial charge in [0.25, 0.3) is 0 Å². The van der Waals surface area contributed by atoms with Gasteiger partial charge in [-0.1, -0.05) is 17.3 Å². The van der Waals surface area contributed by atoms with E-state index in [0.29, 0.717) is 0 Å². The Kier molecular flexibility index (Phi) is 2.05. The third kappa shape index (κ3) is 1.39. The minimum absolute atomic E-state index is 0.0799. The minimum Gasteiger partial charge on any atom is -0.264 e. The fraction of sp³-hybridized carbons (Fsp3) is 0. The molecule has 0 unspecified atom stereocenters. The first-order chi connectivity index (χ1) is 6.71. The molecule has 0 saturated carbocycles. The molecule has 14 heavy (non-hydrogen) atoms. The highest BCUT2D eigenvalue weighted by Gasteiger charge is 2.19. The molecule has 0 amide bonds. The van der Waals surface area contributed by atoms with E-state index in [-0.39, 0.29) is 9.92 Å². The summed E-state index contributed by atoms with van der Waals surface area (Å²) >= 11 is 0. The number of hydrogen-bond donors (Lipinski definition) is 1. The molecule has 1 aromatic carbocycles. The van der Waals surface area contributed by atoms with Gasteiger partial charge in [-0.25, -0.2) is 8.42 Å². The Morgan fingerprint density at radius 2 is 2.00 bits per heavy atom. The second-order valence-corrected chi connectivity index (χ2v) is 4.45. The average molecular weight is 208 g/mol. The summed E-state index contributed by atoms with van der Waals surface area (Å²) in [7, 11) is -3.52. The third-order valence-electron chi connectivity index (χ3n) is 1.67. The Morgan fingerprint density at radius 1 is 1.29 bits per heavy atom. The van der Waals surface area contributed by atoms with Gasteiger partial charge in [0.1, 0.15) is 0 Å². The summed E-state index contributed by atoms with van der Waals surface area (Å²) < 4.78 is 23.5. The number of rotatable bonds is 2.